The maximum absolute atomic E-state index is 13.9. The lowest BCUT2D eigenvalue weighted by Crippen LogP contribution is -2.66. The minimum atomic E-state index is -0.893. The van der Waals surface area contributed by atoms with Crippen LogP contribution in [0.2, 0.25) is 0 Å². The first-order chi connectivity index (χ1) is 23.7. The van der Waals surface area contributed by atoms with Gasteiger partial charge in [-0.3, -0.25) is 9.59 Å². The first-order valence-corrected chi connectivity index (χ1v) is 20.3. The minimum absolute atomic E-state index is 0.00502. The lowest BCUT2D eigenvalue weighted by Gasteiger charge is -2.73. The van der Waals surface area contributed by atoms with Crippen molar-refractivity contribution in [1.29, 1.82) is 0 Å². The summed E-state index contributed by atoms with van der Waals surface area (Å²) in [6.07, 6.45) is 12.7. The molecule has 0 saturated heterocycles. The summed E-state index contributed by atoms with van der Waals surface area (Å²) in [5.74, 6) is 2.79. The lowest BCUT2D eigenvalue weighted by atomic mass is 9.32. The topological polar surface area (TPSA) is 75.6 Å². The summed E-state index contributed by atoms with van der Waals surface area (Å²) in [7, 11) is 0. The number of rotatable bonds is 10. The van der Waals surface area contributed by atoms with E-state index in [0.717, 1.165) is 31.2 Å². The molecule has 5 aliphatic rings. The second-order valence-electron chi connectivity index (χ2n) is 20.3. The first-order valence-electron chi connectivity index (χ1n) is 20.3. The normalized spacial score (nSPS) is 40.4. The fraction of sp³-hybridized carbons (Fsp3) is 0.739. The zero-order valence-electron chi connectivity index (χ0n) is 33.5. The standard InChI is InChI=1S/C46H69NO4/c1-29(2)33-19-24-46(28-38(48)47-31(4)32-15-13-12-14-16-32)26-25-44(10)34(39(33)46)17-18-36-43(9)22-21-37(51-30(3)27-41(5,6)40(49)50)42(7,8)35(43)20-23-45(36,44)11/h12-16,31,33-37,39H,1,3,17-28H2,2,4-11H3,(H,47,48)(H,49,50)/t31-,33-,34+,35-,36+,37-,39+,43-,44+,45+,46+/m0/s1. The molecule has 5 heteroatoms. The highest BCUT2D eigenvalue weighted by Gasteiger charge is 2.71. The van der Waals surface area contributed by atoms with Gasteiger partial charge in [0, 0.05) is 18.3 Å². The Hall–Kier alpha value is -2.56. The summed E-state index contributed by atoms with van der Waals surface area (Å²) >= 11 is 0. The van der Waals surface area contributed by atoms with Gasteiger partial charge in [-0.25, -0.2) is 0 Å². The third-order valence-electron chi connectivity index (χ3n) is 16.9. The highest BCUT2D eigenvalue weighted by atomic mass is 16.5. The molecule has 0 radical (unpaired) electrons. The Kier molecular flexibility index (Phi) is 9.79. The van der Waals surface area contributed by atoms with Crippen LogP contribution in [-0.2, 0) is 14.3 Å². The summed E-state index contributed by atoms with van der Waals surface area (Å²) in [4.78, 5) is 25.8. The van der Waals surface area contributed by atoms with E-state index in [1.165, 1.54) is 44.1 Å². The average molecular weight is 700 g/mol. The van der Waals surface area contributed by atoms with Crippen molar-refractivity contribution < 1.29 is 19.4 Å². The van der Waals surface area contributed by atoms with Crippen LogP contribution in [0.3, 0.4) is 0 Å². The van der Waals surface area contributed by atoms with Gasteiger partial charge in [-0.1, -0.05) is 83.7 Å². The maximum atomic E-state index is 13.9. The van der Waals surface area contributed by atoms with Gasteiger partial charge in [0.15, 0.2) is 0 Å². The maximum Gasteiger partial charge on any atom is 0.309 e. The zero-order chi connectivity index (χ0) is 37.4. The second-order valence-corrected chi connectivity index (χ2v) is 20.3. The quantitative estimate of drug-likeness (QED) is 0.188. The number of benzene rings is 1. The molecule has 1 aromatic carbocycles. The number of fused-ring (bicyclic) bond motifs is 7. The van der Waals surface area contributed by atoms with Crippen LogP contribution in [0.1, 0.15) is 151 Å². The molecule has 282 valence electrons. The van der Waals surface area contributed by atoms with Crippen LogP contribution >= 0.6 is 0 Å². The van der Waals surface area contributed by atoms with E-state index in [0.29, 0.717) is 48.2 Å². The zero-order valence-corrected chi connectivity index (χ0v) is 33.5. The largest absolute Gasteiger partial charge is 0.495 e. The molecular formula is C46H69NO4. The molecule has 51 heavy (non-hydrogen) atoms. The number of carbonyl (C=O) groups excluding carboxylic acids is 1. The van der Waals surface area contributed by atoms with E-state index < -0.39 is 11.4 Å². The number of amides is 1. The summed E-state index contributed by atoms with van der Waals surface area (Å²) in [6.45, 7) is 29.5. The Labute approximate surface area is 309 Å². The number of carboxylic acid groups (broad SMARTS) is 1. The molecule has 5 saturated carbocycles. The second kappa shape index (κ2) is 13.1. The van der Waals surface area contributed by atoms with Crippen LogP contribution in [0, 0.1) is 62.1 Å². The highest BCUT2D eigenvalue weighted by Crippen LogP contribution is 2.78. The average Bonchev–Trinajstić information content (AvgIpc) is 3.42. The van der Waals surface area contributed by atoms with E-state index in [-0.39, 0.29) is 45.1 Å². The third-order valence-corrected chi connectivity index (χ3v) is 16.9. The predicted molar refractivity (Wildman–Crippen MR) is 207 cm³/mol. The fourth-order valence-electron chi connectivity index (χ4n) is 14.0. The number of hydrogen-bond acceptors (Lipinski definition) is 3. The van der Waals surface area contributed by atoms with Gasteiger partial charge in [0.05, 0.1) is 17.2 Å². The van der Waals surface area contributed by atoms with Crippen molar-refractivity contribution in [3.05, 3.63) is 60.4 Å². The Morgan fingerprint density at radius 2 is 1.59 bits per heavy atom. The Bertz CT molecular complexity index is 1530. The molecule has 5 nitrogen and oxygen atoms in total. The van der Waals surface area contributed by atoms with Crippen molar-refractivity contribution in [2.24, 2.45) is 62.1 Å². The van der Waals surface area contributed by atoms with Crippen LogP contribution in [0.5, 0.6) is 0 Å². The number of aliphatic carboxylic acids is 1. The van der Waals surface area contributed by atoms with Crippen LogP contribution in [-0.4, -0.2) is 23.1 Å². The molecule has 2 N–H and O–H groups in total. The number of nitrogens with one attached hydrogen (secondary N) is 1. The lowest BCUT2D eigenvalue weighted by molar-refractivity contribution is -0.249. The smallest absolute Gasteiger partial charge is 0.309 e. The SMILES string of the molecule is C=C(CC(C)(C)C(=O)O)O[C@H]1CC[C@]2(C)[C@H]3CC[C@@H]4[C@H]5[C@H](C(=C)C)CC[C@]5(CC(=O)N[C@@H](C)c5ccccc5)CC[C@@]4(C)[C@]3(C)CC[C@H]2C1(C)C. The number of carboxylic acids is 1. The van der Waals surface area contributed by atoms with E-state index in [2.05, 4.69) is 91.2 Å². The molecule has 5 aliphatic carbocycles. The molecule has 0 aliphatic heterocycles. The molecule has 0 bridgehead atoms. The van der Waals surface area contributed by atoms with Gasteiger partial charge in [0.1, 0.15) is 6.10 Å². The van der Waals surface area contributed by atoms with E-state index in [1.807, 2.05) is 6.07 Å². The summed E-state index contributed by atoms with van der Waals surface area (Å²) < 4.78 is 6.63. The molecule has 5 fully saturated rings. The summed E-state index contributed by atoms with van der Waals surface area (Å²) in [6, 6.07) is 10.4. The molecule has 0 unspecified atom stereocenters. The molecule has 0 heterocycles. The molecule has 0 spiro atoms. The number of hydrogen-bond donors (Lipinski definition) is 2. The van der Waals surface area contributed by atoms with Gasteiger partial charge in [-0.05, 0) is 149 Å². The molecule has 11 atom stereocenters. The van der Waals surface area contributed by atoms with Gasteiger partial charge in [0.25, 0.3) is 0 Å². The molecule has 0 aromatic heterocycles. The van der Waals surface area contributed by atoms with Crippen LogP contribution < -0.4 is 5.32 Å². The van der Waals surface area contributed by atoms with Crippen molar-refractivity contribution in [2.75, 3.05) is 0 Å². The Morgan fingerprint density at radius 3 is 2.24 bits per heavy atom. The van der Waals surface area contributed by atoms with Crippen molar-refractivity contribution in [3.63, 3.8) is 0 Å². The summed E-state index contributed by atoms with van der Waals surface area (Å²) in [5.41, 5.74) is 2.27. The van der Waals surface area contributed by atoms with E-state index >= 15 is 0 Å². The first kappa shape index (κ1) is 38.2. The van der Waals surface area contributed by atoms with Gasteiger partial charge in [0.2, 0.25) is 5.91 Å². The van der Waals surface area contributed by atoms with Gasteiger partial charge >= 0.3 is 5.97 Å². The minimum Gasteiger partial charge on any atom is -0.495 e. The molecule has 1 amide bonds. The van der Waals surface area contributed by atoms with Gasteiger partial charge in [-0.2, -0.15) is 0 Å². The van der Waals surface area contributed by atoms with Crippen molar-refractivity contribution in [1.82, 2.24) is 5.32 Å². The number of ether oxygens (including phenoxy) is 1. The van der Waals surface area contributed by atoms with E-state index in [4.69, 9.17) is 4.74 Å². The van der Waals surface area contributed by atoms with Crippen LogP contribution in [0.15, 0.2) is 54.8 Å². The van der Waals surface area contributed by atoms with Crippen LogP contribution in [0.4, 0.5) is 0 Å². The fourth-order valence-corrected chi connectivity index (χ4v) is 14.0. The van der Waals surface area contributed by atoms with Crippen molar-refractivity contribution >= 4 is 11.9 Å². The predicted octanol–water partition coefficient (Wildman–Crippen LogP) is 11.3. The van der Waals surface area contributed by atoms with Crippen LogP contribution in [0.25, 0.3) is 0 Å². The number of carbonyl (C=O) groups is 2. The van der Waals surface area contributed by atoms with Crippen molar-refractivity contribution in [3.8, 4) is 0 Å². The summed E-state index contributed by atoms with van der Waals surface area (Å²) in [5, 5.41) is 13.1. The van der Waals surface area contributed by atoms with Gasteiger partial charge < -0.3 is 15.2 Å². The Morgan fingerprint density at radius 1 is 0.902 bits per heavy atom. The molecular weight excluding hydrogens is 631 g/mol. The van der Waals surface area contributed by atoms with E-state index in [9.17, 15) is 14.7 Å². The number of allylic oxidation sites excluding steroid dienone is 2. The monoisotopic (exact) mass is 700 g/mol. The molecule has 6 rings (SSSR count). The van der Waals surface area contributed by atoms with Crippen molar-refractivity contribution in [2.45, 2.75) is 152 Å². The Balaban J connectivity index is 1.23. The highest BCUT2D eigenvalue weighted by molar-refractivity contribution is 5.77. The van der Waals surface area contributed by atoms with E-state index in [1.54, 1.807) is 13.8 Å². The molecule has 1 aromatic rings. The third kappa shape index (κ3) is 6.13. The van der Waals surface area contributed by atoms with Gasteiger partial charge in [-0.15, -0.1) is 0 Å².